The number of benzene rings is 1. The highest BCUT2D eigenvalue weighted by Gasteiger charge is 1.85. The molecule has 0 aliphatic rings. The van der Waals surface area contributed by atoms with Gasteiger partial charge in [0.05, 0.1) is 5.51 Å². The van der Waals surface area contributed by atoms with Gasteiger partial charge in [0.1, 0.15) is 11.5 Å². The average Bonchev–Trinajstić information content (AvgIpc) is 2.59. The molecule has 1 heterocycles. The van der Waals surface area contributed by atoms with Crippen molar-refractivity contribution < 1.29 is 10.2 Å². The summed E-state index contributed by atoms with van der Waals surface area (Å²) in [6.07, 6.45) is 1.77. The van der Waals surface area contributed by atoms with Gasteiger partial charge in [0.15, 0.2) is 0 Å². The van der Waals surface area contributed by atoms with Crippen molar-refractivity contribution in [3.05, 3.63) is 41.4 Å². The van der Waals surface area contributed by atoms with Crippen LogP contribution >= 0.6 is 11.3 Å². The largest absolute Gasteiger partial charge is 0.508 e. The van der Waals surface area contributed by atoms with Gasteiger partial charge in [0.25, 0.3) is 0 Å². The van der Waals surface area contributed by atoms with Crippen LogP contribution in [0.15, 0.2) is 41.4 Å². The highest BCUT2D eigenvalue weighted by Crippen LogP contribution is 2.14. The van der Waals surface area contributed by atoms with Gasteiger partial charge in [-0.1, -0.05) is 6.07 Å². The van der Waals surface area contributed by atoms with Crippen LogP contribution in [-0.2, 0) is 0 Å². The summed E-state index contributed by atoms with van der Waals surface area (Å²) in [6, 6.07) is 5.85. The fraction of sp³-hybridized carbons (Fsp3) is 0. The van der Waals surface area contributed by atoms with Crippen LogP contribution in [0.2, 0.25) is 0 Å². The Balaban J connectivity index is 0.000000145. The van der Waals surface area contributed by atoms with E-state index in [1.807, 2.05) is 5.38 Å². The number of hydrogen-bond donors (Lipinski definition) is 2. The molecule has 2 rings (SSSR count). The van der Waals surface area contributed by atoms with E-state index in [1.165, 1.54) is 18.2 Å². The molecule has 4 heteroatoms. The van der Waals surface area contributed by atoms with Crippen LogP contribution in [0, 0.1) is 0 Å². The van der Waals surface area contributed by atoms with E-state index in [0.29, 0.717) is 0 Å². The van der Waals surface area contributed by atoms with Crippen molar-refractivity contribution in [3.8, 4) is 11.5 Å². The molecule has 0 radical (unpaired) electrons. The van der Waals surface area contributed by atoms with Crippen molar-refractivity contribution in [1.29, 1.82) is 0 Å². The Morgan fingerprint density at radius 3 is 2.08 bits per heavy atom. The Kier molecular flexibility index (Phi) is 3.78. The zero-order valence-corrected chi connectivity index (χ0v) is 7.61. The minimum absolute atomic E-state index is 0.0880. The Labute approximate surface area is 79.9 Å². The lowest BCUT2D eigenvalue weighted by molar-refractivity contribution is 0.450. The van der Waals surface area contributed by atoms with Crippen molar-refractivity contribution in [2.24, 2.45) is 0 Å². The lowest BCUT2D eigenvalue weighted by atomic mass is 10.3. The van der Waals surface area contributed by atoms with Gasteiger partial charge in [0.2, 0.25) is 0 Å². The summed E-state index contributed by atoms with van der Waals surface area (Å²) in [5.41, 5.74) is 1.79. The summed E-state index contributed by atoms with van der Waals surface area (Å²) in [7, 11) is 0. The third-order valence-electron chi connectivity index (χ3n) is 1.18. The molecule has 0 aliphatic carbocycles. The molecule has 13 heavy (non-hydrogen) atoms. The highest BCUT2D eigenvalue weighted by atomic mass is 32.1. The molecule has 68 valence electrons. The number of thiazole rings is 1. The number of nitrogens with zero attached hydrogens (tertiary/aromatic N) is 1. The van der Waals surface area contributed by atoms with Crippen LogP contribution in [-0.4, -0.2) is 15.2 Å². The molecular formula is C9H9NO2S. The zero-order chi connectivity index (χ0) is 9.52. The third kappa shape index (κ3) is 4.12. The minimum Gasteiger partial charge on any atom is -0.508 e. The third-order valence-corrected chi connectivity index (χ3v) is 1.70. The van der Waals surface area contributed by atoms with E-state index < -0.39 is 0 Å². The normalized spacial score (nSPS) is 8.62. The summed E-state index contributed by atoms with van der Waals surface area (Å²) in [4.78, 5) is 3.74. The Morgan fingerprint density at radius 1 is 1.15 bits per heavy atom. The molecular weight excluding hydrogens is 186 g/mol. The van der Waals surface area contributed by atoms with Gasteiger partial charge in [-0.2, -0.15) is 0 Å². The van der Waals surface area contributed by atoms with E-state index in [4.69, 9.17) is 10.2 Å². The topological polar surface area (TPSA) is 53.4 Å². The lowest BCUT2D eigenvalue weighted by Crippen LogP contribution is -1.61. The number of aromatic nitrogens is 1. The summed E-state index contributed by atoms with van der Waals surface area (Å²) in [5, 5.41) is 19.2. The van der Waals surface area contributed by atoms with Crippen molar-refractivity contribution in [1.82, 2.24) is 4.98 Å². The second-order valence-electron chi connectivity index (χ2n) is 2.20. The lowest BCUT2D eigenvalue weighted by Gasteiger charge is -1.89. The van der Waals surface area contributed by atoms with Crippen LogP contribution in [0.1, 0.15) is 0 Å². The van der Waals surface area contributed by atoms with Gasteiger partial charge in [-0.15, -0.1) is 11.3 Å². The first kappa shape index (κ1) is 9.54. The van der Waals surface area contributed by atoms with E-state index in [2.05, 4.69) is 4.98 Å². The van der Waals surface area contributed by atoms with Crippen LogP contribution in [0.3, 0.4) is 0 Å². The molecule has 1 aromatic carbocycles. The minimum atomic E-state index is 0.0880. The molecule has 0 aliphatic heterocycles. The quantitative estimate of drug-likeness (QED) is 0.677. The first-order valence-corrected chi connectivity index (χ1v) is 4.53. The number of phenols is 2. The number of phenolic OH excluding ortho intramolecular Hbond substituents is 2. The van der Waals surface area contributed by atoms with Crippen LogP contribution in [0.25, 0.3) is 0 Å². The first-order valence-electron chi connectivity index (χ1n) is 3.59. The SMILES string of the molecule is Oc1cccc(O)c1.c1cscn1. The molecule has 0 fully saturated rings. The highest BCUT2D eigenvalue weighted by molar-refractivity contribution is 7.07. The van der Waals surface area contributed by atoms with Crippen molar-refractivity contribution in [2.45, 2.75) is 0 Å². The number of rotatable bonds is 0. The van der Waals surface area contributed by atoms with Gasteiger partial charge in [-0.05, 0) is 12.1 Å². The number of hydrogen-bond acceptors (Lipinski definition) is 4. The maximum Gasteiger partial charge on any atom is 0.119 e. The molecule has 2 N–H and O–H groups in total. The van der Waals surface area contributed by atoms with E-state index in [0.717, 1.165) is 0 Å². The van der Waals surface area contributed by atoms with Crippen LogP contribution < -0.4 is 0 Å². The molecule has 0 unspecified atom stereocenters. The summed E-state index contributed by atoms with van der Waals surface area (Å²) < 4.78 is 0. The second-order valence-corrected chi connectivity index (χ2v) is 2.95. The molecule has 0 saturated heterocycles. The molecule has 1 aromatic heterocycles. The fourth-order valence-electron chi connectivity index (χ4n) is 0.669. The molecule has 2 aromatic rings. The Hall–Kier alpha value is -1.55. The summed E-state index contributed by atoms with van der Waals surface area (Å²) in [5.74, 6) is 0.176. The van der Waals surface area contributed by atoms with Gasteiger partial charge >= 0.3 is 0 Å². The van der Waals surface area contributed by atoms with E-state index in [1.54, 1.807) is 29.1 Å². The van der Waals surface area contributed by atoms with Gasteiger partial charge in [-0.3, -0.25) is 4.98 Å². The maximum atomic E-state index is 8.65. The molecule has 0 saturated carbocycles. The van der Waals surface area contributed by atoms with Crippen molar-refractivity contribution >= 4 is 11.3 Å². The Morgan fingerprint density at radius 2 is 1.85 bits per heavy atom. The predicted molar refractivity (Wildman–Crippen MR) is 51.9 cm³/mol. The fourth-order valence-corrected chi connectivity index (χ4v) is 1.02. The van der Waals surface area contributed by atoms with Crippen LogP contribution in [0.4, 0.5) is 0 Å². The van der Waals surface area contributed by atoms with E-state index >= 15 is 0 Å². The smallest absolute Gasteiger partial charge is 0.119 e. The molecule has 3 nitrogen and oxygen atoms in total. The first-order chi connectivity index (χ1) is 6.29. The van der Waals surface area contributed by atoms with Gasteiger partial charge in [-0.25, -0.2) is 0 Å². The van der Waals surface area contributed by atoms with Crippen molar-refractivity contribution in [2.75, 3.05) is 0 Å². The molecule has 0 bridgehead atoms. The predicted octanol–water partition coefficient (Wildman–Crippen LogP) is 2.24. The van der Waals surface area contributed by atoms with E-state index in [-0.39, 0.29) is 11.5 Å². The van der Waals surface area contributed by atoms with Crippen molar-refractivity contribution in [3.63, 3.8) is 0 Å². The molecule has 0 spiro atoms. The number of aromatic hydroxyl groups is 2. The summed E-state index contributed by atoms with van der Waals surface area (Å²) in [6.45, 7) is 0. The maximum absolute atomic E-state index is 8.65. The zero-order valence-electron chi connectivity index (χ0n) is 6.79. The Bertz CT molecular complexity index is 301. The average molecular weight is 195 g/mol. The summed E-state index contributed by atoms with van der Waals surface area (Å²) >= 11 is 1.60. The second kappa shape index (κ2) is 5.16. The monoisotopic (exact) mass is 195 g/mol. The molecule has 0 amide bonds. The van der Waals surface area contributed by atoms with Gasteiger partial charge < -0.3 is 10.2 Å². The van der Waals surface area contributed by atoms with Gasteiger partial charge in [0, 0.05) is 17.6 Å². The standard InChI is InChI=1S/C6H6O2.C3H3NS/c7-5-2-1-3-6(8)4-5;1-2-5-3-4-1/h1-4,7-8H;1-3H. The van der Waals surface area contributed by atoms with E-state index in [9.17, 15) is 0 Å². The molecule has 0 atom stereocenters. The van der Waals surface area contributed by atoms with Crippen LogP contribution in [0.5, 0.6) is 11.5 Å².